The highest BCUT2D eigenvalue weighted by Crippen LogP contribution is 2.70. The fraction of sp³-hybridized carbons (Fsp3) is 0.548. The average Bonchev–Trinajstić information content (AvgIpc) is 3.12. The molecule has 0 radical (unpaired) electrons. The van der Waals surface area contributed by atoms with Crippen LogP contribution >= 0.6 is 0 Å². The Morgan fingerprint density at radius 2 is 1.94 bits per heavy atom. The third-order valence-electron chi connectivity index (χ3n) is 9.76. The van der Waals surface area contributed by atoms with E-state index in [4.69, 9.17) is 5.73 Å². The van der Waals surface area contributed by atoms with Gasteiger partial charge in [0.25, 0.3) is 0 Å². The zero-order valence-corrected chi connectivity index (χ0v) is 21.0. The van der Waals surface area contributed by atoms with Crippen LogP contribution in [0.25, 0.3) is 0 Å². The minimum atomic E-state index is -0.564. The lowest BCUT2D eigenvalue weighted by molar-refractivity contribution is -0.132. The molecule has 3 nitrogen and oxygen atoms in total. The number of ketones is 2. The van der Waals surface area contributed by atoms with Crippen LogP contribution in [0.2, 0.25) is 0 Å². The normalized spacial score (nSPS) is 36.6. The summed E-state index contributed by atoms with van der Waals surface area (Å²) in [5.41, 5.74) is 11.6. The van der Waals surface area contributed by atoms with E-state index in [9.17, 15) is 9.59 Å². The van der Waals surface area contributed by atoms with E-state index in [2.05, 4.69) is 37.8 Å². The first kappa shape index (κ1) is 23.2. The molecule has 5 rings (SSSR count). The molecule has 2 saturated carbocycles. The molecular weight excluding hydrogens is 418 g/mol. The van der Waals surface area contributed by atoms with Crippen molar-refractivity contribution in [1.82, 2.24) is 0 Å². The van der Waals surface area contributed by atoms with Gasteiger partial charge in [0.1, 0.15) is 0 Å². The molecule has 0 aromatic heterocycles. The molecule has 2 N–H and O–H groups in total. The van der Waals surface area contributed by atoms with Gasteiger partial charge < -0.3 is 5.73 Å². The topological polar surface area (TPSA) is 60.2 Å². The number of carbonyl (C=O) groups is 2. The molecule has 0 aliphatic heterocycles. The molecule has 2 fully saturated rings. The van der Waals surface area contributed by atoms with E-state index >= 15 is 0 Å². The molecule has 6 atom stereocenters. The summed E-state index contributed by atoms with van der Waals surface area (Å²) in [6.07, 6.45) is 7.83. The summed E-state index contributed by atoms with van der Waals surface area (Å²) in [6.45, 7) is 8.53. The quantitative estimate of drug-likeness (QED) is 0.423. The monoisotopic (exact) mass is 455 g/mol. The zero-order chi connectivity index (χ0) is 24.3. The summed E-state index contributed by atoms with van der Waals surface area (Å²) in [7, 11) is 0. The Balaban J connectivity index is 1.74. The Kier molecular flexibility index (Phi) is 5.63. The maximum Gasteiger partial charge on any atom is 0.156 e. The first-order valence-electron chi connectivity index (χ1n) is 13.1. The minimum Gasteiger partial charge on any atom is -0.399 e. The summed E-state index contributed by atoms with van der Waals surface area (Å²) in [6, 6.07) is 8.35. The van der Waals surface area contributed by atoms with Gasteiger partial charge in [-0.05, 0) is 97.1 Å². The van der Waals surface area contributed by atoms with Crippen LogP contribution in [-0.4, -0.2) is 11.6 Å². The summed E-state index contributed by atoms with van der Waals surface area (Å²) in [4.78, 5) is 25.9. The van der Waals surface area contributed by atoms with Crippen molar-refractivity contribution in [2.45, 2.75) is 78.6 Å². The second-order valence-electron chi connectivity index (χ2n) is 11.3. The number of nitrogens with two attached hydrogens (primary N) is 1. The van der Waals surface area contributed by atoms with E-state index in [1.807, 2.05) is 32.1 Å². The zero-order valence-electron chi connectivity index (χ0n) is 21.0. The number of benzene rings is 1. The summed E-state index contributed by atoms with van der Waals surface area (Å²) >= 11 is 0. The van der Waals surface area contributed by atoms with Gasteiger partial charge in [-0.15, -0.1) is 5.92 Å². The Labute approximate surface area is 204 Å². The first-order valence-corrected chi connectivity index (χ1v) is 13.1. The van der Waals surface area contributed by atoms with Crippen molar-refractivity contribution in [1.29, 1.82) is 0 Å². The van der Waals surface area contributed by atoms with Gasteiger partial charge in [0.05, 0.1) is 5.41 Å². The van der Waals surface area contributed by atoms with E-state index in [0.29, 0.717) is 36.4 Å². The van der Waals surface area contributed by atoms with Crippen LogP contribution in [0.15, 0.2) is 47.1 Å². The van der Waals surface area contributed by atoms with Crippen molar-refractivity contribution in [2.75, 3.05) is 5.73 Å². The van der Waals surface area contributed by atoms with Crippen LogP contribution in [0.1, 0.15) is 84.1 Å². The molecule has 1 unspecified atom stereocenters. The Bertz CT molecular complexity index is 1160. The van der Waals surface area contributed by atoms with Gasteiger partial charge in [-0.25, -0.2) is 0 Å². The van der Waals surface area contributed by atoms with Crippen molar-refractivity contribution in [3.05, 3.63) is 52.6 Å². The number of hydrogen-bond donors (Lipinski definition) is 1. The van der Waals surface area contributed by atoms with Crippen LogP contribution < -0.4 is 5.73 Å². The molecule has 3 heteroatoms. The second-order valence-corrected chi connectivity index (χ2v) is 11.3. The number of Topliss-reactive ketones (excluding diaryl/α,β-unsaturated/α-hetero) is 1. The molecule has 34 heavy (non-hydrogen) atoms. The minimum absolute atomic E-state index is 0.171. The molecule has 4 aliphatic rings. The van der Waals surface area contributed by atoms with Crippen LogP contribution in [0.4, 0.5) is 5.69 Å². The number of hydrogen-bond acceptors (Lipinski definition) is 3. The van der Waals surface area contributed by atoms with Gasteiger partial charge in [0, 0.05) is 24.4 Å². The SMILES string of the molecule is CC#C[C@]1(C(=O)CC)CC[C@H]2[C@@H]3CC(C)C4=CC(=O)CCC4=C3[C@@H](c3ccc(N)cc3)C[C@@]21C. The second kappa shape index (κ2) is 8.26. The smallest absolute Gasteiger partial charge is 0.156 e. The molecule has 1 aromatic carbocycles. The molecule has 1 aromatic rings. The molecule has 0 spiro atoms. The van der Waals surface area contributed by atoms with E-state index in [0.717, 1.165) is 37.8 Å². The van der Waals surface area contributed by atoms with Crippen molar-refractivity contribution in [2.24, 2.45) is 28.6 Å². The van der Waals surface area contributed by atoms with Crippen LogP contribution in [0, 0.1) is 40.4 Å². The molecule has 0 saturated heterocycles. The maximum atomic E-state index is 13.6. The first-order chi connectivity index (χ1) is 16.3. The lowest BCUT2D eigenvalue weighted by Gasteiger charge is -2.55. The lowest BCUT2D eigenvalue weighted by atomic mass is 9.47. The maximum absolute atomic E-state index is 13.6. The Morgan fingerprint density at radius 3 is 2.62 bits per heavy atom. The molecular formula is C31H37NO2. The molecule has 0 bridgehead atoms. The third-order valence-corrected chi connectivity index (χ3v) is 9.76. The summed E-state index contributed by atoms with van der Waals surface area (Å²) in [5.74, 6) is 8.73. The fourth-order valence-corrected chi connectivity index (χ4v) is 8.26. The van der Waals surface area contributed by atoms with E-state index in [-0.39, 0.29) is 17.1 Å². The van der Waals surface area contributed by atoms with Crippen molar-refractivity contribution < 1.29 is 9.59 Å². The van der Waals surface area contributed by atoms with Crippen molar-refractivity contribution in [3.63, 3.8) is 0 Å². The predicted octanol–water partition coefficient (Wildman–Crippen LogP) is 6.40. The highest BCUT2D eigenvalue weighted by Gasteiger charge is 2.65. The number of allylic oxidation sites excluding steroid dienone is 4. The van der Waals surface area contributed by atoms with Gasteiger partial charge in [0.2, 0.25) is 0 Å². The van der Waals surface area contributed by atoms with E-state index in [1.165, 1.54) is 16.7 Å². The number of nitrogen functional groups attached to an aromatic ring is 1. The Hall–Kier alpha value is -2.60. The number of anilines is 1. The molecule has 4 aliphatic carbocycles. The number of rotatable bonds is 3. The third kappa shape index (κ3) is 3.18. The fourth-order valence-electron chi connectivity index (χ4n) is 8.26. The van der Waals surface area contributed by atoms with Gasteiger partial charge in [-0.3, -0.25) is 9.59 Å². The Morgan fingerprint density at radius 1 is 1.21 bits per heavy atom. The van der Waals surface area contributed by atoms with Gasteiger partial charge in [0.15, 0.2) is 11.6 Å². The van der Waals surface area contributed by atoms with E-state index < -0.39 is 5.41 Å². The lowest BCUT2D eigenvalue weighted by Crippen LogP contribution is -2.51. The van der Waals surface area contributed by atoms with Crippen LogP contribution in [0.5, 0.6) is 0 Å². The number of carbonyl (C=O) groups excluding carboxylic acids is 2. The summed E-state index contributed by atoms with van der Waals surface area (Å²) in [5, 5.41) is 0. The average molecular weight is 456 g/mol. The standard InChI is InChI=1S/C31H37NO2/c1-5-14-31(28(34)6-2)15-13-27-25-16-19(3)24-17-22(33)11-12-23(24)29(25)26(18-30(27,31)4)20-7-9-21(32)10-8-20/h7-10,17,19,25-27H,6,11-13,15-16,18,32H2,1-4H3/t19?,25-,26+,27-,30-,31+/m0/s1. The van der Waals surface area contributed by atoms with Gasteiger partial charge in [-0.2, -0.15) is 0 Å². The predicted molar refractivity (Wildman–Crippen MR) is 137 cm³/mol. The van der Waals surface area contributed by atoms with Crippen molar-refractivity contribution in [3.8, 4) is 11.8 Å². The van der Waals surface area contributed by atoms with Crippen LogP contribution in [0.3, 0.4) is 0 Å². The molecule has 0 amide bonds. The van der Waals surface area contributed by atoms with Crippen LogP contribution in [-0.2, 0) is 9.59 Å². The van der Waals surface area contributed by atoms with Gasteiger partial charge in [-0.1, -0.05) is 44.4 Å². The molecule has 178 valence electrons. The highest BCUT2D eigenvalue weighted by molar-refractivity contribution is 5.93. The van der Waals surface area contributed by atoms with Gasteiger partial charge >= 0.3 is 0 Å². The highest BCUT2D eigenvalue weighted by atomic mass is 16.1. The number of fused-ring (bicyclic) bond motifs is 4. The van der Waals surface area contributed by atoms with Crippen molar-refractivity contribution >= 4 is 17.3 Å². The van der Waals surface area contributed by atoms with E-state index in [1.54, 1.807) is 5.57 Å². The largest absolute Gasteiger partial charge is 0.399 e. The molecule has 0 heterocycles. The summed E-state index contributed by atoms with van der Waals surface area (Å²) < 4.78 is 0.